The molecule has 1 heterocycles. The van der Waals surface area contributed by atoms with Gasteiger partial charge in [0.2, 0.25) is 0 Å². The predicted molar refractivity (Wildman–Crippen MR) is 98.5 cm³/mol. The number of ether oxygens (including phenoxy) is 2. The zero-order valence-corrected chi connectivity index (χ0v) is 14.3. The number of carbonyl (C=O) groups is 1. The number of para-hydroxylation sites is 1. The molecule has 4 heteroatoms. The molecule has 4 nitrogen and oxygen atoms in total. The van der Waals surface area contributed by atoms with E-state index in [4.69, 9.17) is 14.5 Å². The highest BCUT2D eigenvalue weighted by molar-refractivity contribution is 5.87. The molecule has 0 fully saturated rings. The van der Waals surface area contributed by atoms with Gasteiger partial charge in [0.1, 0.15) is 5.75 Å². The van der Waals surface area contributed by atoms with Crippen LogP contribution in [0.1, 0.15) is 19.8 Å². The first-order valence-corrected chi connectivity index (χ1v) is 8.51. The minimum atomic E-state index is -0.185. The van der Waals surface area contributed by atoms with Gasteiger partial charge in [-0.25, -0.2) is 4.98 Å². The summed E-state index contributed by atoms with van der Waals surface area (Å²) in [6.07, 6.45) is 0.985. The smallest absolute Gasteiger partial charge is 0.305 e. The number of nitrogens with zero attached hydrogens (tertiary/aromatic N) is 1. The Balaban J connectivity index is 1.80. The largest absolute Gasteiger partial charge is 0.493 e. The molecule has 0 N–H and O–H groups in total. The summed E-state index contributed by atoms with van der Waals surface area (Å²) >= 11 is 0. The van der Waals surface area contributed by atoms with E-state index in [-0.39, 0.29) is 5.97 Å². The third kappa shape index (κ3) is 4.35. The monoisotopic (exact) mass is 335 g/mol. The maximum Gasteiger partial charge on any atom is 0.305 e. The number of aromatic nitrogens is 1. The summed E-state index contributed by atoms with van der Waals surface area (Å²) in [5.41, 5.74) is 2.81. The summed E-state index contributed by atoms with van der Waals surface area (Å²) < 4.78 is 10.9. The van der Waals surface area contributed by atoms with E-state index in [9.17, 15) is 4.79 Å². The van der Waals surface area contributed by atoms with E-state index in [0.29, 0.717) is 26.1 Å². The second-order valence-corrected chi connectivity index (χ2v) is 5.65. The molecule has 0 atom stereocenters. The Labute approximate surface area is 147 Å². The Morgan fingerprint density at radius 2 is 1.80 bits per heavy atom. The maximum atomic E-state index is 11.4. The van der Waals surface area contributed by atoms with Crippen molar-refractivity contribution in [2.24, 2.45) is 0 Å². The highest BCUT2D eigenvalue weighted by Gasteiger charge is 2.09. The molecule has 2 aromatic carbocycles. The van der Waals surface area contributed by atoms with Gasteiger partial charge < -0.3 is 9.47 Å². The Hall–Kier alpha value is -2.88. The van der Waals surface area contributed by atoms with Gasteiger partial charge in [0.25, 0.3) is 0 Å². The lowest BCUT2D eigenvalue weighted by atomic mass is 10.1. The molecule has 1 aromatic heterocycles. The average Bonchev–Trinajstić information content (AvgIpc) is 2.66. The number of hydrogen-bond acceptors (Lipinski definition) is 4. The van der Waals surface area contributed by atoms with Crippen LogP contribution in [0.4, 0.5) is 0 Å². The Kier molecular flexibility index (Phi) is 5.62. The first-order chi connectivity index (χ1) is 12.3. The quantitative estimate of drug-likeness (QED) is 0.467. The van der Waals surface area contributed by atoms with Crippen LogP contribution < -0.4 is 4.74 Å². The van der Waals surface area contributed by atoms with Gasteiger partial charge in [0, 0.05) is 23.4 Å². The van der Waals surface area contributed by atoms with E-state index >= 15 is 0 Å². The highest BCUT2D eigenvalue weighted by atomic mass is 16.5. The van der Waals surface area contributed by atoms with Crippen LogP contribution in [0.25, 0.3) is 22.2 Å². The molecule has 0 amide bonds. The topological polar surface area (TPSA) is 48.4 Å². The second kappa shape index (κ2) is 8.29. The summed E-state index contributed by atoms with van der Waals surface area (Å²) in [6, 6.07) is 19.9. The summed E-state index contributed by atoms with van der Waals surface area (Å²) in [5.74, 6) is 0.601. The first-order valence-electron chi connectivity index (χ1n) is 8.51. The van der Waals surface area contributed by atoms with Crippen molar-refractivity contribution < 1.29 is 14.3 Å². The molecule has 0 aliphatic rings. The van der Waals surface area contributed by atoms with Gasteiger partial charge in [0.15, 0.2) is 0 Å². The van der Waals surface area contributed by atoms with Crippen molar-refractivity contribution in [2.75, 3.05) is 13.2 Å². The van der Waals surface area contributed by atoms with E-state index in [1.807, 2.05) is 67.6 Å². The molecule has 0 radical (unpaired) electrons. The lowest BCUT2D eigenvalue weighted by Crippen LogP contribution is -2.07. The Bertz CT molecular complexity index is 846. The molecule has 0 saturated heterocycles. The average molecular weight is 335 g/mol. The summed E-state index contributed by atoms with van der Waals surface area (Å²) in [4.78, 5) is 16.2. The van der Waals surface area contributed by atoms with Crippen LogP contribution >= 0.6 is 0 Å². The van der Waals surface area contributed by atoms with E-state index in [0.717, 1.165) is 27.9 Å². The first kappa shape index (κ1) is 17.0. The van der Waals surface area contributed by atoms with Crippen molar-refractivity contribution >= 4 is 16.9 Å². The van der Waals surface area contributed by atoms with Crippen molar-refractivity contribution in [3.63, 3.8) is 0 Å². The molecular weight excluding hydrogens is 314 g/mol. The minimum Gasteiger partial charge on any atom is -0.493 e. The molecule has 0 saturated carbocycles. The number of benzene rings is 2. The molecule has 0 aliphatic carbocycles. The number of esters is 1. The van der Waals surface area contributed by atoms with Crippen molar-refractivity contribution in [1.29, 1.82) is 0 Å². The molecule has 3 aromatic rings. The summed E-state index contributed by atoms with van der Waals surface area (Å²) in [6.45, 7) is 2.68. The van der Waals surface area contributed by atoms with E-state index in [1.165, 1.54) is 0 Å². The van der Waals surface area contributed by atoms with E-state index < -0.39 is 0 Å². The summed E-state index contributed by atoms with van der Waals surface area (Å²) in [5, 5.41) is 0.971. The van der Waals surface area contributed by atoms with E-state index in [2.05, 4.69) is 0 Å². The number of hydrogen-bond donors (Lipinski definition) is 0. The minimum absolute atomic E-state index is 0.185. The lowest BCUT2D eigenvalue weighted by Gasteiger charge is -2.11. The Morgan fingerprint density at radius 3 is 2.60 bits per heavy atom. The molecule has 0 unspecified atom stereocenters. The molecular formula is C21H21NO3. The van der Waals surface area contributed by atoms with Gasteiger partial charge in [0.05, 0.1) is 24.4 Å². The molecule has 3 rings (SSSR count). The zero-order chi connectivity index (χ0) is 17.5. The third-order valence-electron chi connectivity index (χ3n) is 3.84. The molecule has 0 bridgehead atoms. The van der Waals surface area contributed by atoms with Crippen LogP contribution in [0.15, 0.2) is 60.7 Å². The van der Waals surface area contributed by atoms with Crippen LogP contribution in [0.3, 0.4) is 0 Å². The summed E-state index contributed by atoms with van der Waals surface area (Å²) in [7, 11) is 0. The van der Waals surface area contributed by atoms with Gasteiger partial charge >= 0.3 is 5.97 Å². The number of carbonyl (C=O) groups excluding carboxylic acids is 1. The van der Waals surface area contributed by atoms with Gasteiger partial charge in [-0.05, 0) is 25.5 Å². The fourth-order valence-corrected chi connectivity index (χ4v) is 2.65. The van der Waals surface area contributed by atoms with Crippen LogP contribution in [-0.2, 0) is 9.53 Å². The molecule has 128 valence electrons. The van der Waals surface area contributed by atoms with Gasteiger partial charge in [-0.1, -0.05) is 42.5 Å². The normalized spacial score (nSPS) is 10.6. The van der Waals surface area contributed by atoms with Crippen molar-refractivity contribution in [3.05, 3.63) is 60.7 Å². The van der Waals surface area contributed by atoms with Gasteiger partial charge in [-0.3, -0.25) is 4.79 Å². The number of fused-ring (bicyclic) bond motifs is 1. The molecule has 0 spiro atoms. The second-order valence-electron chi connectivity index (χ2n) is 5.65. The van der Waals surface area contributed by atoms with E-state index in [1.54, 1.807) is 0 Å². The predicted octanol–water partition coefficient (Wildman–Crippen LogP) is 4.62. The molecule has 0 aliphatic heterocycles. The number of rotatable bonds is 7. The number of pyridine rings is 1. The van der Waals surface area contributed by atoms with Crippen molar-refractivity contribution in [1.82, 2.24) is 4.98 Å². The lowest BCUT2D eigenvalue weighted by molar-refractivity contribution is -0.143. The van der Waals surface area contributed by atoms with Crippen LogP contribution in [0.2, 0.25) is 0 Å². The van der Waals surface area contributed by atoms with Crippen LogP contribution in [-0.4, -0.2) is 24.2 Å². The van der Waals surface area contributed by atoms with Crippen molar-refractivity contribution in [2.45, 2.75) is 19.8 Å². The fourth-order valence-electron chi connectivity index (χ4n) is 2.65. The maximum absolute atomic E-state index is 11.4. The van der Waals surface area contributed by atoms with Crippen LogP contribution in [0, 0.1) is 0 Å². The fraction of sp³-hybridized carbons (Fsp3) is 0.238. The standard InChI is InChI=1S/C21H21NO3/c1-2-24-21(23)13-8-14-25-20-15-19(16-9-4-3-5-10-16)22-18-12-7-6-11-17(18)20/h3-7,9-12,15H,2,8,13-14H2,1H3. The SMILES string of the molecule is CCOC(=O)CCCOc1cc(-c2ccccc2)nc2ccccc12. The van der Waals surface area contributed by atoms with Gasteiger partial charge in [-0.2, -0.15) is 0 Å². The van der Waals surface area contributed by atoms with Gasteiger partial charge in [-0.15, -0.1) is 0 Å². The zero-order valence-electron chi connectivity index (χ0n) is 14.3. The molecule has 25 heavy (non-hydrogen) atoms. The Morgan fingerprint density at radius 1 is 1.04 bits per heavy atom. The van der Waals surface area contributed by atoms with Crippen LogP contribution in [0.5, 0.6) is 5.75 Å². The highest BCUT2D eigenvalue weighted by Crippen LogP contribution is 2.30. The van der Waals surface area contributed by atoms with Crippen molar-refractivity contribution in [3.8, 4) is 17.0 Å². The third-order valence-corrected chi connectivity index (χ3v) is 3.84.